The molecule has 0 aliphatic heterocycles. The topological polar surface area (TPSA) is 29.1 Å². The molecule has 0 spiro atoms. The molecule has 0 saturated carbocycles. The number of hydrogen-bond acceptors (Lipinski definition) is 1. The van der Waals surface area contributed by atoms with Crippen LogP contribution in [0.5, 0.6) is 0 Å². The third-order valence-corrected chi connectivity index (χ3v) is 1.86. The smallest absolute Gasteiger partial charge is 0.281 e. The van der Waals surface area contributed by atoms with Crippen molar-refractivity contribution in [2.45, 2.75) is 25.3 Å². The predicted molar refractivity (Wildman–Crippen MR) is 49.3 cm³/mol. The van der Waals surface area contributed by atoms with Gasteiger partial charge in [-0.1, -0.05) is 12.2 Å². The standard InChI is InChI=1S/C7H10INO/c8-7(10)9-6-4-2-1-3-5-6/h2,4,6H,1,3,5H2,(H,9,10). The molecule has 10 heavy (non-hydrogen) atoms. The maximum Gasteiger partial charge on any atom is 0.281 e. The van der Waals surface area contributed by atoms with Crippen LogP contribution in [-0.4, -0.2) is 9.96 Å². The zero-order valence-electron chi connectivity index (χ0n) is 5.64. The Labute approximate surface area is 74.2 Å². The van der Waals surface area contributed by atoms with Crippen LogP contribution in [0.1, 0.15) is 19.3 Å². The summed E-state index contributed by atoms with van der Waals surface area (Å²) in [4.78, 5) is 10.6. The highest BCUT2D eigenvalue weighted by Crippen LogP contribution is 2.10. The Kier molecular flexibility index (Phi) is 3.18. The number of hydrogen-bond donors (Lipinski definition) is 1. The van der Waals surface area contributed by atoms with Crippen molar-refractivity contribution >= 4 is 26.5 Å². The van der Waals surface area contributed by atoms with E-state index < -0.39 is 0 Å². The summed E-state index contributed by atoms with van der Waals surface area (Å²) in [6.07, 6.45) is 7.64. The van der Waals surface area contributed by atoms with Gasteiger partial charge in [0.2, 0.25) is 0 Å². The van der Waals surface area contributed by atoms with Crippen molar-refractivity contribution in [2.24, 2.45) is 0 Å². The van der Waals surface area contributed by atoms with Crippen LogP contribution in [0, 0.1) is 0 Å². The van der Waals surface area contributed by atoms with E-state index in [2.05, 4.69) is 17.5 Å². The second-order valence-corrected chi connectivity index (χ2v) is 3.36. The van der Waals surface area contributed by atoms with Gasteiger partial charge in [-0.3, -0.25) is 4.79 Å². The molecule has 0 radical (unpaired) electrons. The van der Waals surface area contributed by atoms with Crippen molar-refractivity contribution < 1.29 is 4.79 Å². The van der Waals surface area contributed by atoms with E-state index in [1.54, 1.807) is 22.6 Å². The Morgan fingerprint density at radius 1 is 1.70 bits per heavy atom. The van der Waals surface area contributed by atoms with E-state index in [0.717, 1.165) is 12.8 Å². The summed E-state index contributed by atoms with van der Waals surface area (Å²) in [7, 11) is 0. The maximum absolute atomic E-state index is 10.6. The molecule has 0 fully saturated rings. The quantitative estimate of drug-likeness (QED) is 0.329. The van der Waals surface area contributed by atoms with Crippen molar-refractivity contribution in [1.82, 2.24) is 5.32 Å². The number of carbonyl (C=O) groups is 1. The van der Waals surface area contributed by atoms with Gasteiger partial charge in [-0.05, 0) is 19.3 Å². The first kappa shape index (κ1) is 8.04. The molecule has 0 bridgehead atoms. The molecule has 3 heteroatoms. The molecule has 1 atom stereocenters. The molecule has 0 saturated heterocycles. The first-order valence-corrected chi connectivity index (χ1v) is 4.49. The van der Waals surface area contributed by atoms with Crippen molar-refractivity contribution in [3.8, 4) is 0 Å². The summed E-state index contributed by atoms with van der Waals surface area (Å²) in [5.74, 6) is 0. The highest BCUT2D eigenvalue weighted by atomic mass is 127. The van der Waals surface area contributed by atoms with Gasteiger partial charge in [-0.2, -0.15) is 0 Å². The van der Waals surface area contributed by atoms with Crippen molar-refractivity contribution in [3.63, 3.8) is 0 Å². The van der Waals surface area contributed by atoms with Crippen LogP contribution < -0.4 is 5.32 Å². The zero-order chi connectivity index (χ0) is 7.40. The highest BCUT2D eigenvalue weighted by Gasteiger charge is 2.08. The Balaban J connectivity index is 2.33. The second kappa shape index (κ2) is 3.95. The molecule has 0 aromatic heterocycles. The van der Waals surface area contributed by atoms with Gasteiger partial charge < -0.3 is 5.32 Å². The van der Waals surface area contributed by atoms with E-state index in [0.29, 0.717) is 0 Å². The molecule has 56 valence electrons. The van der Waals surface area contributed by atoms with E-state index in [1.807, 2.05) is 0 Å². The number of allylic oxidation sites excluding steroid dienone is 1. The minimum absolute atomic E-state index is 0.0363. The summed E-state index contributed by atoms with van der Waals surface area (Å²) >= 11 is 1.76. The predicted octanol–water partition coefficient (Wildman–Crippen LogP) is 2.24. The van der Waals surface area contributed by atoms with E-state index >= 15 is 0 Å². The van der Waals surface area contributed by atoms with E-state index in [1.165, 1.54) is 6.42 Å². The van der Waals surface area contributed by atoms with Crippen LogP contribution in [0.4, 0.5) is 4.79 Å². The van der Waals surface area contributed by atoms with Gasteiger partial charge in [0.15, 0.2) is 0 Å². The number of carbonyl (C=O) groups excluding carboxylic acids is 1. The minimum Gasteiger partial charge on any atom is -0.341 e. The lowest BCUT2D eigenvalue weighted by molar-refractivity contribution is 0.260. The molecular formula is C7H10INO. The Hall–Kier alpha value is -0.0600. The normalized spacial score (nSPS) is 24.3. The van der Waals surface area contributed by atoms with Crippen LogP contribution in [0.25, 0.3) is 0 Å². The average Bonchev–Trinajstić information content (AvgIpc) is 1.88. The Morgan fingerprint density at radius 2 is 2.50 bits per heavy atom. The molecule has 1 rings (SSSR count). The Bertz CT molecular complexity index is 156. The molecule has 1 aliphatic carbocycles. The first-order valence-electron chi connectivity index (χ1n) is 3.41. The van der Waals surface area contributed by atoms with Gasteiger partial charge in [0.1, 0.15) is 0 Å². The monoisotopic (exact) mass is 251 g/mol. The van der Waals surface area contributed by atoms with Gasteiger partial charge in [0, 0.05) is 28.6 Å². The van der Waals surface area contributed by atoms with Gasteiger partial charge in [-0.15, -0.1) is 0 Å². The van der Waals surface area contributed by atoms with E-state index in [9.17, 15) is 4.79 Å². The van der Waals surface area contributed by atoms with Crippen molar-refractivity contribution in [3.05, 3.63) is 12.2 Å². The third kappa shape index (κ3) is 2.68. The fourth-order valence-electron chi connectivity index (χ4n) is 1.08. The lowest BCUT2D eigenvalue weighted by atomic mass is 10.0. The summed E-state index contributed by atoms with van der Waals surface area (Å²) < 4.78 is 0.0363. The van der Waals surface area contributed by atoms with Crippen molar-refractivity contribution in [1.29, 1.82) is 0 Å². The maximum atomic E-state index is 10.6. The van der Waals surface area contributed by atoms with E-state index in [-0.39, 0.29) is 9.96 Å². The fourth-order valence-corrected chi connectivity index (χ4v) is 1.48. The van der Waals surface area contributed by atoms with Gasteiger partial charge in [0.25, 0.3) is 3.91 Å². The SMILES string of the molecule is O=C(I)NC1C=CCCC1. The summed E-state index contributed by atoms with van der Waals surface area (Å²) in [6, 6.07) is 0.290. The molecule has 0 heterocycles. The van der Waals surface area contributed by atoms with Crippen LogP contribution in [0.2, 0.25) is 0 Å². The number of halogens is 1. The van der Waals surface area contributed by atoms with Crippen LogP contribution in [-0.2, 0) is 0 Å². The molecule has 1 aliphatic rings. The number of rotatable bonds is 1. The van der Waals surface area contributed by atoms with Gasteiger partial charge in [-0.25, -0.2) is 0 Å². The zero-order valence-corrected chi connectivity index (χ0v) is 7.80. The van der Waals surface area contributed by atoms with Gasteiger partial charge >= 0.3 is 0 Å². The number of amides is 1. The van der Waals surface area contributed by atoms with Crippen LogP contribution in [0.15, 0.2) is 12.2 Å². The van der Waals surface area contributed by atoms with Gasteiger partial charge in [0.05, 0.1) is 0 Å². The molecule has 0 aromatic rings. The van der Waals surface area contributed by atoms with Crippen LogP contribution >= 0.6 is 22.6 Å². The van der Waals surface area contributed by atoms with Crippen molar-refractivity contribution in [2.75, 3.05) is 0 Å². The lowest BCUT2D eigenvalue weighted by Crippen LogP contribution is -2.29. The second-order valence-electron chi connectivity index (χ2n) is 2.38. The largest absolute Gasteiger partial charge is 0.341 e. The first-order chi connectivity index (χ1) is 4.79. The summed E-state index contributed by atoms with van der Waals surface area (Å²) in [6.45, 7) is 0. The average molecular weight is 251 g/mol. The molecule has 0 aromatic carbocycles. The summed E-state index contributed by atoms with van der Waals surface area (Å²) in [5.41, 5.74) is 0. The molecule has 2 nitrogen and oxygen atoms in total. The van der Waals surface area contributed by atoms with Crippen LogP contribution in [0.3, 0.4) is 0 Å². The molecular weight excluding hydrogens is 241 g/mol. The number of nitrogens with one attached hydrogen (secondary N) is 1. The molecule has 1 unspecified atom stereocenters. The molecule has 1 N–H and O–H groups in total. The highest BCUT2D eigenvalue weighted by molar-refractivity contribution is 14.1. The Morgan fingerprint density at radius 3 is 3.00 bits per heavy atom. The summed E-state index contributed by atoms with van der Waals surface area (Å²) in [5, 5.41) is 2.84. The molecule has 1 amide bonds. The van der Waals surface area contributed by atoms with E-state index in [4.69, 9.17) is 0 Å². The lowest BCUT2D eigenvalue weighted by Gasteiger charge is -2.15. The minimum atomic E-state index is 0.0363. The third-order valence-electron chi connectivity index (χ3n) is 1.55. The fraction of sp³-hybridized carbons (Fsp3) is 0.571.